The predicted octanol–water partition coefficient (Wildman–Crippen LogP) is 1.48. The molecule has 2 aromatic rings. The van der Waals surface area contributed by atoms with E-state index < -0.39 is 10.0 Å². The van der Waals surface area contributed by atoms with Gasteiger partial charge in [0.05, 0.1) is 26.5 Å². The zero-order valence-electron chi connectivity index (χ0n) is 11.9. The Hall–Kier alpha value is -2.06. The molecule has 1 aromatic heterocycles. The van der Waals surface area contributed by atoms with Gasteiger partial charge in [0.15, 0.2) is 5.89 Å². The molecule has 1 N–H and O–H groups in total. The van der Waals surface area contributed by atoms with Crippen molar-refractivity contribution in [2.45, 2.75) is 18.4 Å². The number of sulfonamides is 1. The monoisotopic (exact) mass is 312 g/mol. The SMILES string of the molecule is COc1ccc(S(=O)(=O)NCc2coc(C)n2)c(OC)c1. The number of aromatic nitrogens is 1. The lowest BCUT2D eigenvalue weighted by Gasteiger charge is -2.11. The molecule has 0 fully saturated rings. The van der Waals surface area contributed by atoms with Gasteiger partial charge in [-0.05, 0) is 12.1 Å². The number of methoxy groups -OCH3 is 2. The number of nitrogens with one attached hydrogen (secondary N) is 1. The molecule has 0 spiro atoms. The standard InChI is InChI=1S/C13H16N2O5S/c1-9-15-10(8-20-9)7-14-21(16,17)13-5-4-11(18-2)6-12(13)19-3/h4-6,8,14H,7H2,1-3H3. The minimum atomic E-state index is -3.73. The molecule has 1 heterocycles. The average molecular weight is 312 g/mol. The number of benzene rings is 1. The van der Waals surface area contributed by atoms with E-state index >= 15 is 0 Å². The highest BCUT2D eigenvalue weighted by Gasteiger charge is 2.20. The largest absolute Gasteiger partial charge is 0.497 e. The Morgan fingerprint density at radius 3 is 2.62 bits per heavy atom. The molecular formula is C13H16N2O5S. The summed E-state index contributed by atoms with van der Waals surface area (Å²) in [7, 11) is -0.837. The Bertz CT molecular complexity index is 724. The Labute approximate surface area is 122 Å². The molecule has 1 aromatic carbocycles. The number of aryl methyl sites for hydroxylation is 1. The van der Waals surface area contributed by atoms with Crippen molar-refractivity contribution in [1.82, 2.24) is 9.71 Å². The zero-order valence-corrected chi connectivity index (χ0v) is 12.7. The maximum absolute atomic E-state index is 12.3. The molecule has 0 saturated heterocycles. The summed E-state index contributed by atoms with van der Waals surface area (Å²) in [4.78, 5) is 4.07. The highest BCUT2D eigenvalue weighted by molar-refractivity contribution is 7.89. The fourth-order valence-electron chi connectivity index (χ4n) is 1.73. The molecule has 0 atom stereocenters. The fourth-order valence-corrected chi connectivity index (χ4v) is 2.88. The molecule has 0 aliphatic heterocycles. The molecule has 0 unspecified atom stereocenters. The molecule has 0 bridgehead atoms. The average Bonchev–Trinajstić information content (AvgIpc) is 2.90. The highest BCUT2D eigenvalue weighted by atomic mass is 32.2. The Kier molecular flexibility index (Phi) is 4.49. The normalized spacial score (nSPS) is 11.4. The van der Waals surface area contributed by atoms with Crippen LogP contribution < -0.4 is 14.2 Å². The first-order valence-corrected chi connectivity index (χ1v) is 7.57. The molecule has 8 heteroatoms. The van der Waals surface area contributed by atoms with Crippen LogP contribution in [0.2, 0.25) is 0 Å². The van der Waals surface area contributed by atoms with E-state index in [0.717, 1.165) is 0 Å². The predicted molar refractivity (Wildman–Crippen MR) is 74.8 cm³/mol. The van der Waals surface area contributed by atoms with E-state index in [1.807, 2.05) is 0 Å². The van der Waals surface area contributed by atoms with Crippen LogP contribution in [0.4, 0.5) is 0 Å². The van der Waals surface area contributed by atoms with Crippen molar-refractivity contribution < 1.29 is 22.3 Å². The molecule has 114 valence electrons. The second-order valence-corrected chi connectivity index (χ2v) is 5.93. The van der Waals surface area contributed by atoms with E-state index in [0.29, 0.717) is 17.3 Å². The Balaban J connectivity index is 2.22. The van der Waals surface area contributed by atoms with Gasteiger partial charge in [-0.1, -0.05) is 0 Å². The summed E-state index contributed by atoms with van der Waals surface area (Å²) in [6.07, 6.45) is 1.41. The molecule has 0 aliphatic rings. The number of rotatable bonds is 6. The molecular weight excluding hydrogens is 296 g/mol. The first-order chi connectivity index (χ1) is 9.96. The summed E-state index contributed by atoms with van der Waals surface area (Å²) < 4.78 is 42.2. The van der Waals surface area contributed by atoms with Crippen molar-refractivity contribution in [1.29, 1.82) is 0 Å². The number of nitrogens with zero attached hydrogens (tertiary/aromatic N) is 1. The Morgan fingerprint density at radius 1 is 1.29 bits per heavy atom. The van der Waals surface area contributed by atoms with Crippen LogP contribution in [0, 0.1) is 6.92 Å². The lowest BCUT2D eigenvalue weighted by molar-refractivity contribution is 0.386. The van der Waals surface area contributed by atoms with Crippen molar-refractivity contribution in [3.63, 3.8) is 0 Å². The van der Waals surface area contributed by atoms with Gasteiger partial charge in [-0.15, -0.1) is 0 Å². The van der Waals surface area contributed by atoms with Crippen molar-refractivity contribution in [2.24, 2.45) is 0 Å². The third kappa shape index (κ3) is 3.53. The van der Waals surface area contributed by atoms with Gasteiger partial charge in [-0.2, -0.15) is 0 Å². The third-order valence-electron chi connectivity index (χ3n) is 2.77. The van der Waals surface area contributed by atoms with Gasteiger partial charge in [-0.25, -0.2) is 18.1 Å². The van der Waals surface area contributed by atoms with Crippen LogP contribution in [0.25, 0.3) is 0 Å². The van der Waals surface area contributed by atoms with Crippen molar-refractivity contribution in [3.8, 4) is 11.5 Å². The Morgan fingerprint density at radius 2 is 2.05 bits per heavy atom. The molecule has 7 nitrogen and oxygen atoms in total. The van der Waals surface area contributed by atoms with E-state index in [-0.39, 0.29) is 17.2 Å². The summed E-state index contributed by atoms with van der Waals surface area (Å²) in [5, 5.41) is 0. The van der Waals surface area contributed by atoms with Crippen LogP contribution in [0.3, 0.4) is 0 Å². The number of oxazole rings is 1. The van der Waals surface area contributed by atoms with E-state index in [4.69, 9.17) is 13.9 Å². The number of hydrogen-bond donors (Lipinski definition) is 1. The van der Waals surface area contributed by atoms with Crippen molar-refractivity contribution in [3.05, 3.63) is 36.0 Å². The quantitative estimate of drug-likeness (QED) is 0.869. The van der Waals surface area contributed by atoms with E-state index in [1.165, 1.54) is 32.6 Å². The van der Waals surface area contributed by atoms with Crippen LogP contribution >= 0.6 is 0 Å². The highest BCUT2D eigenvalue weighted by Crippen LogP contribution is 2.28. The summed E-state index contributed by atoms with van der Waals surface area (Å²) in [6.45, 7) is 1.72. The van der Waals surface area contributed by atoms with Crippen LogP contribution in [0.1, 0.15) is 11.6 Å². The van der Waals surface area contributed by atoms with Gasteiger partial charge in [0, 0.05) is 13.0 Å². The van der Waals surface area contributed by atoms with Crippen LogP contribution in [0.5, 0.6) is 11.5 Å². The topological polar surface area (TPSA) is 90.7 Å². The van der Waals surface area contributed by atoms with Crippen molar-refractivity contribution >= 4 is 10.0 Å². The van der Waals surface area contributed by atoms with Gasteiger partial charge in [0.25, 0.3) is 0 Å². The van der Waals surface area contributed by atoms with E-state index in [9.17, 15) is 8.42 Å². The summed E-state index contributed by atoms with van der Waals surface area (Å²) in [5.74, 6) is 1.20. The second-order valence-electron chi connectivity index (χ2n) is 4.20. The first kappa shape index (κ1) is 15.3. The molecule has 2 rings (SSSR count). The molecule has 0 aliphatic carbocycles. The number of ether oxygens (including phenoxy) is 2. The maximum atomic E-state index is 12.3. The minimum Gasteiger partial charge on any atom is -0.497 e. The summed E-state index contributed by atoms with van der Waals surface area (Å²) >= 11 is 0. The maximum Gasteiger partial charge on any atom is 0.244 e. The minimum absolute atomic E-state index is 0.0333. The number of hydrogen-bond acceptors (Lipinski definition) is 6. The first-order valence-electron chi connectivity index (χ1n) is 6.09. The fraction of sp³-hybridized carbons (Fsp3) is 0.308. The molecule has 21 heavy (non-hydrogen) atoms. The lowest BCUT2D eigenvalue weighted by atomic mass is 10.3. The second kappa shape index (κ2) is 6.15. The van der Waals surface area contributed by atoms with Gasteiger partial charge >= 0.3 is 0 Å². The molecule has 0 radical (unpaired) electrons. The third-order valence-corrected chi connectivity index (χ3v) is 4.21. The van der Waals surface area contributed by atoms with Gasteiger partial charge in [0.2, 0.25) is 10.0 Å². The van der Waals surface area contributed by atoms with Crippen LogP contribution in [0.15, 0.2) is 33.8 Å². The van der Waals surface area contributed by atoms with Gasteiger partial charge < -0.3 is 13.9 Å². The van der Waals surface area contributed by atoms with Gasteiger partial charge in [-0.3, -0.25) is 0 Å². The molecule has 0 amide bonds. The van der Waals surface area contributed by atoms with Crippen LogP contribution in [-0.2, 0) is 16.6 Å². The molecule has 0 saturated carbocycles. The summed E-state index contributed by atoms with van der Waals surface area (Å²) in [6, 6.07) is 4.49. The van der Waals surface area contributed by atoms with Crippen molar-refractivity contribution in [2.75, 3.05) is 14.2 Å². The lowest BCUT2D eigenvalue weighted by Crippen LogP contribution is -2.24. The summed E-state index contributed by atoms with van der Waals surface area (Å²) in [5.41, 5.74) is 0.503. The van der Waals surface area contributed by atoms with E-state index in [1.54, 1.807) is 13.0 Å². The van der Waals surface area contributed by atoms with Gasteiger partial charge in [0.1, 0.15) is 22.7 Å². The zero-order chi connectivity index (χ0) is 15.5. The van der Waals surface area contributed by atoms with Crippen LogP contribution in [-0.4, -0.2) is 27.6 Å². The van der Waals surface area contributed by atoms with E-state index in [2.05, 4.69) is 9.71 Å². The smallest absolute Gasteiger partial charge is 0.244 e.